The van der Waals surface area contributed by atoms with Gasteiger partial charge in [0.2, 0.25) is 0 Å². The average molecular weight is 209 g/mol. The third kappa shape index (κ3) is 5.50. The fraction of sp³-hybridized carbons (Fsp3) is 0.846. The Hall–Kier alpha value is -0.223. The maximum absolute atomic E-state index is 3.54. The van der Waals surface area contributed by atoms with E-state index in [9.17, 15) is 0 Å². The van der Waals surface area contributed by atoms with Crippen LogP contribution in [0.15, 0.2) is 0 Å². The van der Waals surface area contributed by atoms with Crippen molar-refractivity contribution in [2.75, 3.05) is 0 Å². The van der Waals surface area contributed by atoms with E-state index in [0.29, 0.717) is 0 Å². The van der Waals surface area contributed by atoms with E-state index >= 15 is 0 Å². The Labute approximate surface area is 92.1 Å². The van der Waals surface area contributed by atoms with Gasteiger partial charge in [0, 0.05) is 6.42 Å². The summed E-state index contributed by atoms with van der Waals surface area (Å²) in [5.41, 5.74) is 5.10. The molecule has 0 saturated carbocycles. The van der Waals surface area contributed by atoms with E-state index in [-0.39, 0.29) is 0 Å². The van der Waals surface area contributed by atoms with Gasteiger partial charge in [0.25, 0.3) is 0 Å². The molecule has 0 nitrogen and oxygen atoms in total. The van der Waals surface area contributed by atoms with Crippen molar-refractivity contribution < 1.29 is 0 Å². The fourth-order valence-electron chi connectivity index (χ4n) is 1.43. The summed E-state index contributed by atoms with van der Waals surface area (Å²) in [6, 6.07) is 0. The van der Waals surface area contributed by atoms with Crippen molar-refractivity contribution in [2.45, 2.75) is 65.5 Å². The smallest absolute Gasteiger partial charge is 0.133 e. The highest BCUT2D eigenvalue weighted by atomic mass is 28.3. The molecule has 81 valence electrons. The van der Waals surface area contributed by atoms with E-state index in [1.807, 2.05) is 0 Å². The van der Waals surface area contributed by atoms with E-state index in [1.165, 1.54) is 6.42 Å². The Morgan fingerprint density at radius 2 is 1.50 bits per heavy atom. The van der Waals surface area contributed by atoms with Crippen LogP contribution in [-0.4, -0.2) is 8.80 Å². The van der Waals surface area contributed by atoms with Crippen LogP contribution in [0.4, 0.5) is 0 Å². The fourth-order valence-corrected chi connectivity index (χ4v) is 3.64. The predicted octanol–water partition coefficient (Wildman–Crippen LogP) is 4.28. The van der Waals surface area contributed by atoms with Gasteiger partial charge in [-0.1, -0.05) is 48.0 Å². The monoisotopic (exact) mass is 209 g/mol. The lowest BCUT2D eigenvalue weighted by molar-refractivity contribution is 0.581. The zero-order valence-corrected chi connectivity index (χ0v) is 11.6. The third-order valence-corrected chi connectivity index (χ3v) is 5.58. The average Bonchev–Trinajstić information content (AvgIpc) is 2.10. The SMILES string of the molecule is CCC(C)CC#C[Si](C(C)C)C(C)C. The lowest BCUT2D eigenvalue weighted by Gasteiger charge is -2.15. The van der Waals surface area contributed by atoms with Crippen molar-refractivity contribution in [3.63, 3.8) is 0 Å². The Bertz CT molecular complexity index is 187. The van der Waals surface area contributed by atoms with Crippen LogP contribution >= 0.6 is 0 Å². The summed E-state index contributed by atoms with van der Waals surface area (Å²) < 4.78 is 0. The molecule has 0 N–H and O–H groups in total. The van der Waals surface area contributed by atoms with E-state index in [4.69, 9.17) is 0 Å². The van der Waals surface area contributed by atoms with Gasteiger partial charge in [-0.3, -0.25) is 0 Å². The molecule has 0 aromatic carbocycles. The van der Waals surface area contributed by atoms with Crippen molar-refractivity contribution in [2.24, 2.45) is 5.92 Å². The summed E-state index contributed by atoms with van der Waals surface area (Å²) in [5, 5.41) is 0. The standard InChI is InChI=1S/C13H25Si/c1-7-13(6)9-8-10-14(11(2)3)12(4)5/h11-13H,7,9H2,1-6H3. The normalized spacial score (nSPS) is 13.2. The molecular weight excluding hydrogens is 184 g/mol. The van der Waals surface area contributed by atoms with Gasteiger partial charge in [-0.15, -0.1) is 11.5 Å². The quantitative estimate of drug-likeness (QED) is 0.479. The minimum absolute atomic E-state index is 0.443. The van der Waals surface area contributed by atoms with E-state index < -0.39 is 8.80 Å². The van der Waals surface area contributed by atoms with Crippen molar-refractivity contribution in [1.29, 1.82) is 0 Å². The summed E-state index contributed by atoms with van der Waals surface area (Å²) in [6.45, 7) is 13.8. The predicted molar refractivity (Wildman–Crippen MR) is 67.8 cm³/mol. The second-order valence-electron chi connectivity index (χ2n) is 4.78. The maximum atomic E-state index is 3.54. The molecular formula is C13H25Si. The van der Waals surface area contributed by atoms with Gasteiger partial charge >= 0.3 is 0 Å². The summed E-state index contributed by atoms with van der Waals surface area (Å²) >= 11 is 0. The van der Waals surface area contributed by atoms with Gasteiger partial charge in [0.05, 0.1) is 0 Å². The molecule has 0 heterocycles. The molecule has 0 amide bonds. The maximum Gasteiger partial charge on any atom is 0.150 e. The van der Waals surface area contributed by atoms with Crippen LogP contribution in [0.5, 0.6) is 0 Å². The van der Waals surface area contributed by atoms with Crippen LogP contribution in [-0.2, 0) is 0 Å². The Balaban J connectivity index is 4.15. The molecule has 0 aliphatic rings. The molecule has 0 fully saturated rings. The molecule has 1 atom stereocenters. The zero-order valence-electron chi connectivity index (χ0n) is 10.6. The van der Waals surface area contributed by atoms with Crippen molar-refractivity contribution in [1.82, 2.24) is 0 Å². The van der Waals surface area contributed by atoms with Crippen LogP contribution in [0.3, 0.4) is 0 Å². The molecule has 1 radical (unpaired) electrons. The molecule has 0 aliphatic carbocycles. The van der Waals surface area contributed by atoms with Crippen LogP contribution < -0.4 is 0 Å². The second-order valence-corrected chi connectivity index (χ2v) is 8.25. The molecule has 0 saturated heterocycles. The number of rotatable bonds is 4. The van der Waals surface area contributed by atoms with Crippen LogP contribution in [0, 0.1) is 17.4 Å². The molecule has 0 rings (SSSR count). The molecule has 0 aromatic rings. The van der Waals surface area contributed by atoms with Crippen LogP contribution in [0.25, 0.3) is 0 Å². The van der Waals surface area contributed by atoms with Crippen LogP contribution in [0.2, 0.25) is 11.1 Å². The molecule has 0 aliphatic heterocycles. The van der Waals surface area contributed by atoms with E-state index in [1.54, 1.807) is 0 Å². The largest absolute Gasteiger partial charge is 0.150 e. The van der Waals surface area contributed by atoms with Crippen LogP contribution in [0.1, 0.15) is 54.4 Å². The summed E-state index contributed by atoms with van der Waals surface area (Å²) in [4.78, 5) is 0. The highest BCUT2D eigenvalue weighted by Crippen LogP contribution is 2.19. The Kier molecular flexibility index (Phi) is 7.01. The van der Waals surface area contributed by atoms with Gasteiger partial charge in [-0.05, 0) is 17.0 Å². The first kappa shape index (κ1) is 13.8. The molecule has 1 unspecified atom stereocenters. The third-order valence-electron chi connectivity index (χ3n) is 2.62. The van der Waals surface area contributed by atoms with Gasteiger partial charge in [0.15, 0.2) is 0 Å². The van der Waals surface area contributed by atoms with Gasteiger partial charge in [-0.25, -0.2) is 0 Å². The van der Waals surface area contributed by atoms with Crippen molar-refractivity contribution in [3.8, 4) is 11.5 Å². The van der Waals surface area contributed by atoms with Gasteiger partial charge in [0.1, 0.15) is 8.80 Å². The summed E-state index contributed by atoms with van der Waals surface area (Å²) in [5.74, 6) is 4.16. The Morgan fingerprint density at radius 3 is 1.86 bits per heavy atom. The minimum Gasteiger partial charge on any atom is -0.133 e. The molecule has 0 aromatic heterocycles. The van der Waals surface area contributed by atoms with Crippen molar-refractivity contribution >= 4 is 8.80 Å². The zero-order chi connectivity index (χ0) is 11.1. The van der Waals surface area contributed by atoms with E-state index in [2.05, 4.69) is 53.0 Å². The number of hydrogen-bond acceptors (Lipinski definition) is 0. The highest BCUT2D eigenvalue weighted by molar-refractivity contribution is 6.70. The topological polar surface area (TPSA) is 0 Å². The first-order valence-electron chi connectivity index (χ1n) is 5.84. The second kappa shape index (κ2) is 7.12. The van der Waals surface area contributed by atoms with Gasteiger partial charge < -0.3 is 0 Å². The molecule has 1 heteroatoms. The number of hydrogen-bond donors (Lipinski definition) is 0. The molecule has 0 bridgehead atoms. The Morgan fingerprint density at radius 1 is 1.00 bits per heavy atom. The highest BCUT2D eigenvalue weighted by Gasteiger charge is 2.17. The summed E-state index contributed by atoms with van der Waals surface area (Å²) in [7, 11) is -0.443. The summed E-state index contributed by atoms with van der Waals surface area (Å²) in [6.07, 6.45) is 2.34. The lowest BCUT2D eigenvalue weighted by atomic mass is 10.1. The minimum atomic E-state index is -0.443. The lowest BCUT2D eigenvalue weighted by Crippen LogP contribution is -2.18. The molecule has 0 spiro atoms. The first-order valence-corrected chi connectivity index (χ1v) is 7.50. The van der Waals surface area contributed by atoms with Gasteiger partial charge in [-0.2, -0.15) is 0 Å². The first-order chi connectivity index (χ1) is 6.49. The van der Waals surface area contributed by atoms with E-state index in [0.717, 1.165) is 23.4 Å². The van der Waals surface area contributed by atoms with Crippen molar-refractivity contribution in [3.05, 3.63) is 0 Å². The molecule has 14 heavy (non-hydrogen) atoms.